The van der Waals surface area contributed by atoms with Crippen molar-refractivity contribution in [2.24, 2.45) is 0 Å². The summed E-state index contributed by atoms with van der Waals surface area (Å²) in [5.74, 6) is 1.16. The largest absolute Gasteiger partial charge is 0.454 e. The highest BCUT2D eigenvalue weighted by molar-refractivity contribution is 5.79. The number of aromatic nitrogens is 4. The minimum absolute atomic E-state index is 0.162. The van der Waals surface area contributed by atoms with Crippen molar-refractivity contribution in [3.05, 3.63) is 18.5 Å². The fourth-order valence-electron chi connectivity index (χ4n) is 1.57. The van der Waals surface area contributed by atoms with E-state index in [0.29, 0.717) is 29.3 Å². The number of hydrogen-bond acceptors (Lipinski definition) is 6. The maximum absolute atomic E-state index is 10.6. The van der Waals surface area contributed by atoms with E-state index in [9.17, 15) is 4.79 Å². The Morgan fingerprint density at radius 3 is 2.88 bits per heavy atom. The predicted octanol–water partition coefficient (Wildman–Crippen LogP) is -0.0407. The monoisotopic (exact) mass is 233 g/mol. The van der Waals surface area contributed by atoms with Gasteiger partial charge in [-0.15, -0.1) is 5.10 Å². The normalized spacial score (nSPS) is 12.5. The third-order valence-corrected chi connectivity index (χ3v) is 2.30. The van der Waals surface area contributed by atoms with Crippen molar-refractivity contribution in [2.75, 3.05) is 12.1 Å². The average Bonchev–Trinajstić information content (AvgIpc) is 2.98. The van der Waals surface area contributed by atoms with Gasteiger partial charge in [0.2, 0.25) is 13.2 Å². The topological polar surface area (TPSA) is 91.2 Å². The van der Waals surface area contributed by atoms with E-state index in [1.165, 1.54) is 11.0 Å². The quantitative estimate of drug-likeness (QED) is 0.748. The molecule has 0 atom stereocenters. The first-order valence-electron chi connectivity index (χ1n) is 4.75. The average molecular weight is 233 g/mol. The Bertz CT molecular complexity index is 554. The molecule has 8 nitrogen and oxygen atoms in total. The second kappa shape index (κ2) is 3.74. The number of anilines is 1. The van der Waals surface area contributed by atoms with Gasteiger partial charge in [0.15, 0.2) is 11.5 Å². The summed E-state index contributed by atoms with van der Waals surface area (Å²) in [7, 11) is 0. The number of ether oxygens (including phenoxy) is 2. The predicted molar refractivity (Wildman–Crippen MR) is 55.0 cm³/mol. The second-order valence-electron chi connectivity index (χ2n) is 3.24. The molecule has 3 rings (SSSR count). The lowest BCUT2D eigenvalue weighted by atomic mass is 10.2. The van der Waals surface area contributed by atoms with E-state index in [4.69, 9.17) is 9.47 Å². The molecule has 1 aromatic carbocycles. The number of nitrogens with zero attached hydrogens (tertiary/aromatic N) is 4. The van der Waals surface area contributed by atoms with Crippen molar-refractivity contribution >= 4 is 12.1 Å². The molecule has 1 aliphatic heterocycles. The summed E-state index contributed by atoms with van der Waals surface area (Å²) in [5, 5.41) is 13.4. The lowest BCUT2D eigenvalue weighted by Gasteiger charge is -2.08. The SMILES string of the molecule is O=CNc1cc2c(cc1-n1cnnn1)OCO2. The molecule has 1 N–H and O–H groups in total. The van der Waals surface area contributed by atoms with Crippen LogP contribution in [0.1, 0.15) is 0 Å². The van der Waals surface area contributed by atoms with Gasteiger partial charge >= 0.3 is 0 Å². The smallest absolute Gasteiger partial charge is 0.231 e. The number of amides is 1. The highest BCUT2D eigenvalue weighted by Crippen LogP contribution is 2.38. The Labute approximate surface area is 95.1 Å². The van der Waals surface area contributed by atoms with Gasteiger partial charge in [-0.05, 0) is 10.4 Å². The zero-order valence-corrected chi connectivity index (χ0v) is 8.53. The van der Waals surface area contributed by atoms with E-state index in [2.05, 4.69) is 20.8 Å². The third kappa shape index (κ3) is 1.55. The Kier molecular flexibility index (Phi) is 2.11. The van der Waals surface area contributed by atoms with E-state index in [0.717, 1.165) is 0 Å². The van der Waals surface area contributed by atoms with Crippen LogP contribution in [0.25, 0.3) is 5.69 Å². The zero-order valence-electron chi connectivity index (χ0n) is 8.53. The van der Waals surface area contributed by atoms with Gasteiger partial charge in [-0.3, -0.25) is 4.79 Å². The summed E-state index contributed by atoms with van der Waals surface area (Å²) in [6.45, 7) is 0.162. The second-order valence-corrected chi connectivity index (χ2v) is 3.24. The Hall–Kier alpha value is -2.64. The first kappa shape index (κ1) is 9.58. The van der Waals surface area contributed by atoms with E-state index in [1.807, 2.05) is 0 Å². The van der Waals surface area contributed by atoms with Crippen molar-refractivity contribution in [3.8, 4) is 17.2 Å². The van der Waals surface area contributed by atoms with Crippen LogP contribution in [0.15, 0.2) is 18.5 Å². The lowest BCUT2D eigenvalue weighted by molar-refractivity contribution is -0.105. The molecule has 0 aliphatic carbocycles. The van der Waals surface area contributed by atoms with Gasteiger partial charge in [-0.1, -0.05) is 0 Å². The molecule has 1 amide bonds. The van der Waals surface area contributed by atoms with Gasteiger partial charge < -0.3 is 14.8 Å². The number of hydrogen-bond donors (Lipinski definition) is 1. The summed E-state index contributed by atoms with van der Waals surface area (Å²) in [4.78, 5) is 10.6. The summed E-state index contributed by atoms with van der Waals surface area (Å²) >= 11 is 0. The Morgan fingerprint density at radius 2 is 2.18 bits per heavy atom. The van der Waals surface area contributed by atoms with Gasteiger partial charge in [0, 0.05) is 12.1 Å². The van der Waals surface area contributed by atoms with Gasteiger partial charge in [0.1, 0.15) is 6.33 Å². The van der Waals surface area contributed by atoms with Gasteiger partial charge in [-0.25, -0.2) is 0 Å². The molecular weight excluding hydrogens is 226 g/mol. The number of carbonyl (C=O) groups excluding carboxylic acids is 1. The van der Waals surface area contributed by atoms with Crippen LogP contribution in [0.5, 0.6) is 11.5 Å². The van der Waals surface area contributed by atoms with Crippen molar-refractivity contribution in [1.82, 2.24) is 20.2 Å². The van der Waals surface area contributed by atoms with Crippen LogP contribution in [0.4, 0.5) is 5.69 Å². The van der Waals surface area contributed by atoms with Crippen LogP contribution in [0.2, 0.25) is 0 Å². The number of fused-ring (bicyclic) bond motifs is 1. The molecule has 0 radical (unpaired) electrons. The van der Waals surface area contributed by atoms with Gasteiger partial charge in [0.05, 0.1) is 11.4 Å². The minimum Gasteiger partial charge on any atom is -0.454 e. The lowest BCUT2D eigenvalue weighted by Crippen LogP contribution is -2.03. The minimum atomic E-state index is 0.162. The molecule has 8 heteroatoms. The molecular formula is C9H7N5O3. The van der Waals surface area contributed by atoms with Crippen LogP contribution >= 0.6 is 0 Å². The van der Waals surface area contributed by atoms with Crippen molar-refractivity contribution in [1.29, 1.82) is 0 Å². The molecule has 0 saturated heterocycles. The number of carbonyl (C=O) groups is 1. The third-order valence-electron chi connectivity index (χ3n) is 2.30. The van der Waals surface area contributed by atoms with Crippen molar-refractivity contribution < 1.29 is 14.3 Å². The van der Waals surface area contributed by atoms with Crippen LogP contribution in [-0.4, -0.2) is 33.4 Å². The number of tetrazole rings is 1. The van der Waals surface area contributed by atoms with Crippen LogP contribution in [0.3, 0.4) is 0 Å². The molecule has 86 valence electrons. The summed E-state index contributed by atoms with van der Waals surface area (Å²) in [6, 6.07) is 3.36. The molecule has 0 saturated carbocycles. The molecule has 1 aliphatic rings. The molecule has 17 heavy (non-hydrogen) atoms. The number of nitrogens with one attached hydrogen (secondary N) is 1. The first-order valence-corrected chi connectivity index (χ1v) is 4.75. The van der Waals surface area contributed by atoms with Crippen molar-refractivity contribution in [3.63, 3.8) is 0 Å². The molecule has 2 heterocycles. The fourth-order valence-corrected chi connectivity index (χ4v) is 1.57. The molecule has 0 unspecified atom stereocenters. The van der Waals surface area contributed by atoms with E-state index < -0.39 is 0 Å². The van der Waals surface area contributed by atoms with Crippen LogP contribution < -0.4 is 14.8 Å². The maximum atomic E-state index is 10.6. The van der Waals surface area contributed by atoms with Crippen LogP contribution in [-0.2, 0) is 4.79 Å². The number of benzene rings is 1. The van der Waals surface area contributed by atoms with Crippen LogP contribution in [0, 0.1) is 0 Å². The summed E-state index contributed by atoms with van der Waals surface area (Å²) in [5.41, 5.74) is 1.14. The molecule has 1 aromatic heterocycles. The maximum Gasteiger partial charge on any atom is 0.231 e. The first-order chi connectivity index (χ1) is 8.38. The molecule has 0 fully saturated rings. The molecule has 0 bridgehead atoms. The fraction of sp³-hybridized carbons (Fsp3) is 0.111. The van der Waals surface area contributed by atoms with E-state index >= 15 is 0 Å². The number of rotatable bonds is 3. The standard InChI is InChI=1S/C9H7N5O3/c15-4-10-6-1-8-9(17-5-16-8)2-7(6)14-3-11-12-13-14/h1-4H,5H2,(H,10,15). The van der Waals surface area contributed by atoms with Gasteiger partial charge in [0.25, 0.3) is 0 Å². The molecule has 2 aromatic rings. The highest BCUT2D eigenvalue weighted by atomic mass is 16.7. The van der Waals surface area contributed by atoms with E-state index in [1.54, 1.807) is 12.1 Å². The van der Waals surface area contributed by atoms with E-state index in [-0.39, 0.29) is 6.79 Å². The Balaban J connectivity index is 2.15. The summed E-state index contributed by atoms with van der Waals surface area (Å²) < 4.78 is 11.9. The Morgan fingerprint density at radius 1 is 1.35 bits per heavy atom. The molecule has 0 spiro atoms. The highest BCUT2D eigenvalue weighted by Gasteiger charge is 2.18. The zero-order chi connectivity index (χ0) is 11.7. The van der Waals surface area contributed by atoms with Gasteiger partial charge in [-0.2, -0.15) is 4.68 Å². The van der Waals surface area contributed by atoms with Crippen molar-refractivity contribution in [2.45, 2.75) is 0 Å². The summed E-state index contributed by atoms with van der Waals surface area (Å²) in [6.07, 6.45) is 2.00.